The zero-order valence-corrected chi connectivity index (χ0v) is 13.8. The molecule has 20 heavy (non-hydrogen) atoms. The van der Waals surface area contributed by atoms with Crippen molar-refractivity contribution in [1.29, 1.82) is 0 Å². The molecule has 0 aliphatic heterocycles. The summed E-state index contributed by atoms with van der Waals surface area (Å²) in [6, 6.07) is 8.34. The SMILES string of the molecule is CCNc1nc(-c2ccccc2CC)nc(CC)c1Br. The minimum atomic E-state index is 0.804. The van der Waals surface area contributed by atoms with Crippen molar-refractivity contribution in [3.05, 3.63) is 40.0 Å². The maximum absolute atomic E-state index is 4.71. The first-order valence-electron chi connectivity index (χ1n) is 7.09. The van der Waals surface area contributed by atoms with Crippen LogP contribution < -0.4 is 5.32 Å². The van der Waals surface area contributed by atoms with Gasteiger partial charge >= 0.3 is 0 Å². The summed E-state index contributed by atoms with van der Waals surface area (Å²) in [5.41, 5.74) is 3.44. The molecule has 1 aromatic carbocycles. The maximum atomic E-state index is 4.71. The van der Waals surface area contributed by atoms with Gasteiger partial charge in [0.05, 0.1) is 10.2 Å². The van der Waals surface area contributed by atoms with Crippen LogP contribution in [-0.2, 0) is 12.8 Å². The van der Waals surface area contributed by atoms with Gasteiger partial charge in [-0.3, -0.25) is 0 Å². The van der Waals surface area contributed by atoms with Gasteiger partial charge in [0.15, 0.2) is 5.82 Å². The molecule has 106 valence electrons. The van der Waals surface area contributed by atoms with Crippen LogP contribution in [0.5, 0.6) is 0 Å². The third kappa shape index (κ3) is 3.01. The van der Waals surface area contributed by atoms with Gasteiger partial charge in [0.25, 0.3) is 0 Å². The molecular weight excluding hydrogens is 314 g/mol. The number of aromatic nitrogens is 2. The van der Waals surface area contributed by atoms with Crippen LogP contribution in [-0.4, -0.2) is 16.5 Å². The van der Waals surface area contributed by atoms with Crippen LogP contribution in [0.25, 0.3) is 11.4 Å². The van der Waals surface area contributed by atoms with Crippen LogP contribution in [0.2, 0.25) is 0 Å². The lowest BCUT2D eigenvalue weighted by Gasteiger charge is -2.13. The summed E-state index contributed by atoms with van der Waals surface area (Å²) >= 11 is 3.60. The molecule has 0 aliphatic rings. The molecule has 1 aromatic heterocycles. The first kappa shape index (κ1) is 15.0. The highest BCUT2D eigenvalue weighted by molar-refractivity contribution is 9.10. The minimum absolute atomic E-state index is 0.804. The molecule has 3 nitrogen and oxygen atoms in total. The number of nitrogens with zero attached hydrogens (tertiary/aromatic N) is 2. The summed E-state index contributed by atoms with van der Waals surface area (Å²) in [4.78, 5) is 9.39. The summed E-state index contributed by atoms with van der Waals surface area (Å²) in [6.45, 7) is 7.18. The van der Waals surface area contributed by atoms with E-state index in [1.807, 2.05) is 6.07 Å². The first-order valence-corrected chi connectivity index (χ1v) is 7.89. The van der Waals surface area contributed by atoms with Crippen molar-refractivity contribution >= 4 is 21.7 Å². The van der Waals surface area contributed by atoms with E-state index in [9.17, 15) is 0 Å². The quantitative estimate of drug-likeness (QED) is 0.877. The second kappa shape index (κ2) is 6.84. The third-order valence-corrected chi connectivity index (χ3v) is 4.07. The standard InChI is InChI=1S/C16H20BrN3/c1-4-11-9-7-8-10-12(11)15-19-13(5-2)14(17)16(20-15)18-6-3/h7-10H,4-6H2,1-3H3,(H,18,19,20). The molecular formula is C16H20BrN3. The van der Waals surface area contributed by atoms with E-state index in [1.165, 1.54) is 5.56 Å². The molecule has 0 aliphatic carbocycles. The minimum Gasteiger partial charge on any atom is -0.369 e. The second-order valence-electron chi connectivity index (χ2n) is 4.55. The molecule has 2 aromatic rings. The molecule has 1 N–H and O–H groups in total. The van der Waals surface area contributed by atoms with Crippen LogP contribution in [0.3, 0.4) is 0 Å². The molecule has 4 heteroatoms. The fraction of sp³-hybridized carbons (Fsp3) is 0.375. The van der Waals surface area contributed by atoms with E-state index in [0.29, 0.717) is 0 Å². The number of benzene rings is 1. The summed E-state index contributed by atoms with van der Waals surface area (Å²) < 4.78 is 0.972. The van der Waals surface area contributed by atoms with Crippen molar-refractivity contribution in [3.8, 4) is 11.4 Å². The van der Waals surface area contributed by atoms with Crippen molar-refractivity contribution in [2.24, 2.45) is 0 Å². The highest BCUT2D eigenvalue weighted by Crippen LogP contribution is 2.29. The van der Waals surface area contributed by atoms with Gasteiger partial charge in [0.2, 0.25) is 0 Å². The van der Waals surface area contributed by atoms with Crippen molar-refractivity contribution in [1.82, 2.24) is 9.97 Å². The number of halogens is 1. The predicted molar refractivity (Wildman–Crippen MR) is 88.1 cm³/mol. The van der Waals surface area contributed by atoms with Gasteiger partial charge in [-0.25, -0.2) is 9.97 Å². The van der Waals surface area contributed by atoms with Gasteiger partial charge < -0.3 is 5.32 Å². The van der Waals surface area contributed by atoms with E-state index in [4.69, 9.17) is 4.98 Å². The molecule has 0 amide bonds. The topological polar surface area (TPSA) is 37.8 Å². The molecule has 0 radical (unpaired) electrons. The van der Waals surface area contributed by atoms with Gasteiger partial charge in [0, 0.05) is 12.1 Å². The second-order valence-corrected chi connectivity index (χ2v) is 5.34. The summed E-state index contributed by atoms with van der Waals surface area (Å²) in [7, 11) is 0. The normalized spacial score (nSPS) is 10.6. The zero-order valence-electron chi connectivity index (χ0n) is 12.2. The first-order chi connectivity index (χ1) is 9.71. The largest absolute Gasteiger partial charge is 0.369 e. The number of hydrogen-bond acceptors (Lipinski definition) is 3. The molecule has 0 fully saturated rings. The Morgan fingerprint density at radius 2 is 1.80 bits per heavy atom. The monoisotopic (exact) mass is 333 g/mol. The van der Waals surface area contributed by atoms with Gasteiger partial charge in [0.1, 0.15) is 5.82 Å². The molecule has 0 unspecified atom stereocenters. The van der Waals surface area contributed by atoms with Crippen molar-refractivity contribution in [3.63, 3.8) is 0 Å². The molecule has 0 atom stereocenters. The number of hydrogen-bond donors (Lipinski definition) is 1. The van der Waals surface area contributed by atoms with Crippen molar-refractivity contribution in [2.75, 3.05) is 11.9 Å². The fourth-order valence-corrected chi connectivity index (χ4v) is 2.78. The Bertz CT molecular complexity index is 596. The summed E-state index contributed by atoms with van der Waals surface area (Å²) in [5, 5.41) is 3.30. The van der Waals surface area contributed by atoms with Crippen LogP contribution >= 0.6 is 15.9 Å². The van der Waals surface area contributed by atoms with E-state index >= 15 is 0 Å². The summed E-state index contributed by atoms with van der Waals surface area (Å²) in [5.74, 6) is 1.68. The van der Waals surface area contributed by atoms with E-state index in [0.717, 1.165) is 46.8 Å². The number of rotatable bonds is 5. The lowest BCUT2D eigenvalue weighted by atomic mass is 10.0. The highest BCUT2D eigenvalue weighted by Gasteiger charge is 2.13. The number of aryl methyl sites for hydroxylation is 2. The zero-order chi connectivity index (χ0) is 14.5. The average molecular weight is 334 g/mol. The third-order valence-electron chi connectivity index (χ3n) is 3.24. The predicted octanol–water partition coefficient (Wildman–Crippen LogP) is 4.46. The average Bonchev–Trinajstić information content (AvgIpc) is 2.49. The Balaban J connectivity index is 2.59. The van der Waals surface area contributed by atoms with Crippen LogP contribution in [0.4, 0.5) is 5.82 Å². The van der Waals surface area contributed by atoms with E-state index < -0.39 is 0 Å². The van der Waals surface area contributed by atoms with Crippen molar-refractivity contribution < 1.29 is 0 Å². The lowest BCUT2D eigenvalue weighted by molar-refractivity contribution is 0.979. The lowest BCUT2D eigenvalue weighted by Crippen LogP contribution is -2.06. The molecule has 0 saturated heterocycles. The van der Waals surface area contributed by atoms with Crippen LogP contribution in [0, 0.1) is 0 Å². The maximum Gasteiger partial charge on any atom is 0.162 e. The van der Waals surface area contributed by atoms with Gasteiger partial charge in [-0.05, 0) is 41.3 Å². The summed E-state index contributed by atoms with van der Waals surface area (Å²) in [6.07, 6.45) is 1.86. The van der Waals surface area contributed by atoms with Gasteiger partial charge in [-0.2, -0.15) is 0 Å². The number of anilines is 1. The Labute approximate surface area is 129 Å². The molecule has 1 heterocycles. The smallest absolute Gasteiger partial charge is 0.162 e. The Morgan fingerprint density at radius 3 is 2.45 bits per heavy atom. The highest BCUT2D eigenvalue weighted by atomic mass is 79.9. The fourth-order valence-electron chi connectivity index (χ4n) is 2.18. The van der Waals surface area contributed by atoms with Gasteiger partial charge in [-0.15, -0.1) is 0 Å². The van der Waals surface area contributed by atoms with E-state index in [-0.39, 0.29) is 0 Å². The molecule has 0 saturated carbocycles. The van der Waals surface area contributed by atoms with Gasteiger partial charge in [-0.1, -0.05) is 38.1 Å². The Hall–Kier alpha value is -1.42. The Kier molecular flexibility index (Phi) is 5.12. The van der Waals surface area contributed by atoms with Crippen LogP contribution in [0.1, 0.15) is 32.0 Å². The molecule has 0 bridgehead atoms. The number of nitrogens with one attached hydrogen (secondary N) is 1. The van der Waals surface area contributed by atoms with Crippen molar-refractivity contribution in [2.45, 2.75) is 33.6 Å². The van der Waals surface area contributed by atoms with E-state index in [1.54, 1.807) is 0 Å². The van der Waals surface area contributed by atoms with E-state index in [2.05, 4.69) is 65.2 Å². The molecule has 2 rings (SSSR count). The van der Waals surface area contributed by atoms with Crippen LogP contribution in [0.15, 0.2) is 28.7 Å². The molecule has 0 spiro atoms. The Morgan fingerprint density at radius 1 is 1.05 bits per heavy atom.